The largest absolute Gasteiger partial charge is 0.394 e. The van der Waals surface area contributed by atoms with Gasteiger partial charge in [-0.05, 0) is 63.2 Å². The van der Waals surface area contributed by atoms with Crippen LogP contribution in [-0.4, -0.2) is 31.5 Å². The molecule has 0 amide bonds. The highest BCUT2D eigenvalue weighted by molar-refractivity contribution is 5.42. The van der Waals surface area contributed by atoms with Crippen LogP contribution in [0.25, 0.3) is 11.6 Å². The van der Waals surface area contributed by atoms with Crippen LogP contribution in [0.4, 0.5) is 13.2 Å². The Kier molecular flexibility index (Phi) is 2.92. The van der Waals surface area contributed by atoms with Crippen LogP contribution in [-0.2, 0) is 5.41 Å². The number of hydrogen-bond acceptors (Lipinski definition) is 5. The summed E-state index contributed by atoms with van der Waals surface area (Å²) in [7, 11) is 0. The van der Waals surface area contributed by atoms with Crippen LogP contribution >= 0.6 is 0 Å². The minimum Gasteiger partial charge on any atom is -0.338 e. The number of hydrogen-bond donors (Lipinski definition) is 1. The molecule has 0 saturated heterocycles. The van der Waals surface area contributed by atoms with Crippen molar-refractivity contribution in [3.63, 3.8) is 0 Å². The van der Waals surface area contributed by atoms with Gasteiger partial charge in [0, 0.05) is 5.92 Å². The van der Waals surface area contributed by atoms with Crippen molar-refractivity contribution < 1.29 is 17.7 Å². The lowest BCUT2D eigenvalue weighted by atomic mass is 9.44. The van der Waals surface area contributed by atoms with Crippen molar-refractivity contribution in [2.75, 3.05) is 0 Å². The predicted octanol–water partition coefficient (Wildman–Crippen LogP) is 4.13. The number of aromatic nitrogens is 5. The number of H-pyrrole nitrogens is 1. The molecule has 2 aromatic rings. The first-order valence-corrected chi connectivity index (χ1v) is 9.69. The molecule has 2 aromatic heterocycles. The third-order valence-electron chi connectivity index (χ3n) is 7.21. The van der Waals surface area contributed by atoms with E-state index in [1.807, 2.05) is 0 Å². The number of nitrogens with one attached hydrogen (secondary N) is 1. The van der Waals surface area contributed by atoms with Crippen molar-refractivity contribution in [1.82, 2.24) is 25.3 Å². The van der Waals surface area contributed by atoms with Gasteiger partial charge in [0.15, 0.2) is 0 Å². The predicted molar refractivity (Wildman–Crippen MR) is 86.5 cm³/mol. The first-order chi connectivity index (χ1) is 12.9. The average molecular weight is 379 g/mol. The lowest BCUT2D eigenvalue weighted by Gasteiger charge is -2.60. The molecular formula is C18H20F3N5O. The summed E-state index contributed by atoms with van der Waals surface area (Å²) < 4.78 is 47.4. The van der Waals surface area contributed by atoms with E-state index in [1.54, 1.807) is 0 Å². The van der Waals surface area contributed by atoms with Gasteiger partial charge >= 0.3 is 6.18 Å². The number of alkyl halides is 3. The fourth-order valence-electron chi connectivity index (χ4n) is 6.29. The van der Waals surface area contributed by atoms with E-state index in [9.17, 15) is 13.2 Å². The van der Waals surface area contributed by atoms with Crippen molar-refractivity contribution in [3.8, 4) is 11.6 Å². The lowest BCUT2D eigenvalue weighted by molar-refractivity contribution is -0.279. The minimum atomic E-state index is -4.18. The molecule has 7 rings (SSSR count). The summed E-state index contributed by atoms with van der Waals surface area (Å²) in [5, 5.41) is 11.1. The summed E-state index contributed by atoms with van der Waals surface area (Å²) in [6.45, 7) is 0. The van der Waals surface area contributed by atoms with Crippen molar-refractivity contribution >= 4 is 0 Å². The second kappa shape index (κ2) is 4.91. The van der Waals surface area contributed by atoms with Gasteiger partial charge in [0.25, 0.3) is 0 Å². The Morgan fingerprint density at radius 1 is 1.00 bits per heavy atom. The van der Waals surface area contributed by atoms with Crippen molar-refractivity contribution in [2.45, 2.75) is 68.9 Å². The Labute approximate surface area is 153 Å². The maximum absolute atomic E-state index is 13.9. The molecule has 4 bridgehead atoms. The van der Waals surface area contributed by atoms with Gasteiger partial charge in [0.1, 0.15) is 5.82 Å². The molecular weight excluding hydrogens is 359 g/mol. The zero-order valence-electron chi connectivity index (χ0n) is 14.7. The van der Waals surface area contributed by atoms with Gasteiger partial charge in [-0.15, -0.1) is 5.10 Å². The monoisotopic (exact) mass is 379 g/mol. The van der Waals surface area contributed by atoms with Crippen LogP contribution in [0.1, 0.15) is 69.0 Å². The quantitative estimate of drug-likeness (QED) is 0.867. The summed E-state index contributed by atoms with van der Waals surface area (Å²) in [5.74, 6) is 2.40. The van der Waals surface area contributed by atoms with E-state index < -0.39 is 17.0 Å². The molecule has 0 radical (unpaired) electrons. The van der Waals surface area contributed by atoms with E-state index in [4.69, 9.17) is 4.52 Å². The van der Waals surface area contributed by atoms with Gasteiger partial charge < -0.3 is 4.52 Å². The SMILES string of the molecule is FC(F)(F)C12CC3CC(CC(c4nc(-c5n[nH]c(C6CC6)n5)no4)(C3)C1)C2. The van der Waals surface area contributed by atoms with Crippen LogP contribution in [0.2, 0.25) is 0 Å². The number of halogens is 3. The zero-order chi connectivity index (χ0) is 18.4. The first kappa shape index (κ1) is 16.1. The van der Waals surface area contributed by atoms with Crippen LogP contribution in [0, 0.1) is 17.3 Å². The van der Waals surface area contributed by atoms with Gasteiger partial charge in [-0.3, -0.25) is 5.10 Å². The molecule has 9 heteroatoms. The molecule has 0 aromatic carbocycles. The summed E-state index contributed by atoms with van der Waals surface area (Å²) >= 11 is 0. The van der Waals surface area contributed by atoms with Gasteiger partial charge in [-0.1, -0.05) is 5.16 Å². The average Bonchev–Trinajstić information content (AvgIpc) is 3.12. The van der Waals surface area contributed by atoms with Crippen molar-refractivity contribution in [3.05, 3.63) is 11.7 Å². The molecule has 144 valence electrons. The van der Waals surface area contributed by atoms with E-state index in [2.05, 4.69) is 25.3 Å². The molecule has 2 heterocycles. The van der Waals surface area contributed by atoms with E-state index >= 15 is 0 Å². The molecule has 5 aliphatic carbocycles. The summed E-state index contributed by atoms with van der Waals surface area (Å²) in [5.41, 5.74) is -2.24. The normalized spacial score (nSPS) is 37.9. The number of nitrogens with zero attached hydrogens (tertiary/aromatic N) is 4. The smallest absolute Gasteiger partial charge is 0.338 e. The summed E-state index contributed by atoms with van der Waals surface area (Å²) in [4.78, 5) is 8.91. The fraction of sp³-hybridized carbons (Fsp3) is 0.778. The standard InChI is InChI=1S/C18H20F3N5O/c19-18(20,21)17-6-9-3-10(7-17)5-16(4-9,8-17)15-23-14(26-27-15)13-22-12(24-25-13)11-1-2-11/h9-11H,1-8H2,(H,22,24,25). The molecule has 5 aliphatic rings. The molecule has 27 heavy (non-hydrogen) atoms. The molecule has 5 fully saturated rings. The van der Waals surface area contributed by atoms with Crippen LogP contribution in [0.3, 0.4) is 0 Å². The van der Waals surface area contributed by atoms with Crippen molar-refractivity contribution in [1.29, 1.82) is 0 Å². The van der Waals surface area contributed by atoms with Gasteiger partial charge in [0.05, 0.1) is 10.8 Å². The topological polar surface area (TPSA) is 80.5 Å². The second-order valence-corrected chi connectivity index (χ2v) is 9.26. The van der Waals surface area contributed by atoms with Gasteiger partial charge in [0.2, 0.25) is 17.5 Å². The van der Waals surface area contributed by atoms with Gasteiger partial charge in [-0.25, -0.2) is 4.98 Å². The molecule has 2 unspecified atom stereocenters. The van der Waals surface area contributed by atoms with E-state index in [0.29, 0.717) is 30.5 Å². The first-order valence-electron chi connectivity index (χ1n) is 9.69. The van der Waals surface area contributed by atoms with E-state index in [1.165, 1.54) is 0 Å². The third kappa shape index (κ3) is 2.26. The number of aromatic amines is 1. The highest BCUT2D eigenvalue weighted by Gasteiger charge is 2.68. The molecule has 1 N–H and O–H groups in total. The van der Waals surface area contributed by atoms with Crippen LogP contribution in [0.5, 0.6) is 0 Å². The zero-order valence-corrected chi connectivity index (χ0v) is 14.7. The Morgan fingerprint density at radius 3 is 2.41 bits per heavy atom. The Hall–Kier alpha value is -1.93. The molecule has 5 saturated carbocycles. The Morgan fingerprint density at radius 2 is 1.74 bits per heavy atom. The maximum Gasteiger partial charge on any atom is 0.394 e. The molecule has 0 spiro atoms. The molecule has 6 nitrogen and oxygen atoms in total. The van der Waals surface area contributed by atoms with Crippen LogP contribution in [0.15, 0.2) is 4.52 Å². The Bertz CT molecular complexity index is 885. The number of rotatable bonds is 3. The highest BCUT2D eigenvalue weighted by Crippen LogP contribution is 2.69. The maximum atomic E-state index is 13.9. The molecule has 0 aliphatic heterocycles. The van der Waals surface area contributed by atoms with Crippen molar-refractivity contribution in [2.24, 2.45) is 17.3 Å². The Balaban J connectivity index is 1.36. The van der Waals surface area contributed by atoms with Crippen LogP contribution < -0.4 is 0 Å². The molecule has 2 atom stereocenters. The second-order valence-electron chi connectivity index (χ2n) is 9.26. The summed E-state index contributed by atoms with van der Waals surface area (Å²) in [6, 6.07) is 0. The fourth-order valence-corrected chi connectivity index (χ4v) is 6.29. The van der Waals surface area contributed by atoms with E-state index in [-0.39, 0.29) is 36.9 Å². The minimum absolute atomic E-state index is 0.0689. The third-order valence-corrected chi connectivity index (χ3v) is 7.21. The summed E-state index contributed by atoms with van der Waals surface area (Å²) in [6.07, 6.45) is 0.903. The van der Waals surface area contributed by atoms with E-state index in [0.717, 1.165) is 25.1 Å². The van der Waals surface area contributed by atoms with Gasteiger partial charge in [-0.2, -0.15) is 18.2 Å². The highest BCUT2D eigenvalue weighted by atomic mass is 19.4. The lowest BCUT2D eigenvalue weighted by Crippen LogP contribution is -2.59.